The highest BCUT2D eigenvalue weighted by molar-refractivity contribution is 7.98. The zero-order valence-corrected chi connectivity index (χ0v) is 18.8. The maximum absolute atomic E-state index is 13.1. The second-order valence-corrected chi connectivity index (χ2v) is 9.80. The van der Waals surface area contributed by atoms with Crippen molar-refractivity contribution in [1.29, 1.82) is 0 Å². The van der Waals surface area contributed by atoms with E-state index in [0.29, 0.717) is 28.3 Å². The topological polar surface area (TPSA) is 122 Å². The standard InChI is InChI=1S/C21H20FN7OS2/c1-10-2-7-13-14(8-10)32-18-16(13)17(30)27-21(28-18)31-9-15-25-19(23)29-20(26-15)24-12-5-3-11(22)4-6-12/h3-6,10H,2,7-9H2,1H3,(H,27,28,30)(H3,23,24,25,26,29)/t10-/m0/s1. The molecule has 4 N–H and O–H groups in total. The van der Waals surface area contributed by atoms with Crippen molar-refractivity contribution in [2.24, 2.45) is 5.92 Å². The summed E-state index contributed by atoms with van der Waals surface area (Å²) in [7, 11) is 0. The number of aromatic nitrogens is 5. The lowest BCUT2D eigenvalue weighted by Crippen LogP contribution is -2.13. The first-order valence-electron chi connectivity index (χ1n) is 10.1. The van der Waals surface area contributed by atoms with Crippen LogP contribution in [0.2, 0.25) is 0 Å². The van der Waals surface area contributed by atoms with E-state index in [1.807, 2.05) is 0 Å². The summed E-state index contributed by atoms with van der Waals surface area (Å²) in [6, 6.07) is 5.83. The number of nitrogen functional groups attached to an aromatic ring is 1. The minimum Gasteiger partial charge on any atom is -0.368 e. The van der Waals surface area contributed by atoms with E-state index in [9.17, 15) is 9.18 Å². The fourth-order valence-electron chi connectivity index (χ4n) is 3.75. The number of thiophene rings is 1. The van der Waals surface area contributed by atoms with Crippen LogP contribution in [0.15, 0.2) is 34.2 Å². The van der Waals surface area contributed by atoms with Gasteiger partial charge in [0.05, 0.1) is 11.1 Å². The van der Waals surface area contributed by atoms with Gasteiger partial charge in [-0.25, -0.2) is 9.37 Å². The average Bonchev–Trinajstić information content (AvgIpc) is 3.11. The van der Waals surface area contributed by atoms with Crippen LogP contribution in [0, 0.1) is 11.7 Å². The zero-order valence-electron chi connectivity index (χ0n) is 17.2. The molecular weight excluding hydrogens is 449 g/mol. The first-order valence-corrected chi connectivity index (χ1v) is 11.9. The molecule has 11 heteroatoms. The van der Waals surface area contributed by atoms with E-state index in [1.165, 1.54) is 28.8 Å². The summed E-state index contributed by atoms with van der Waals surface area (Å²) in [4.78, 5) is 35.0. The monoisotopic (exact) mass is 469 g/mol. The van der Waals surface area contributed by atoms with Crippen LogP contribution in [-0.2, 0) is 18.6 Å². The molecule has 0 spiro atoms. The van der Waals surface area contributed by atoms with Gasteiger partial charge in [-0.1, -0.05) is 18.7 Å². The number of aryl methyl sites for hydroxylation is 1. The number of nitrogens with two attached hydrogens (primary N) is 1. The van der Waals surface area contributed by atoms with E-state index in [0.717, 1.165) is 35.0 Å². The molecule has 4 aromatic rings. The summed E-state index contributed by atoms with van der Waals surface area (Å²) in [5, 5.41) is 4.23. The van der Waals surface area contributed by atoms with Crippen LogP contribution in [0.4, 0.5) is 22.0 Å². The Labute approximate surface area is 190 Å². The highest BCUT2D eigenvalue weighted by atomic mass is 32.2. The van der Waals surface area contributed by atoms with Crippen molar-refractivity contribution in [3.8, 4) is 0 Å². The maximum Gasteiger partial charge on any atom is 0.260 e. The molecule has 1 aliphatic carbocycles. The third-order valence-corrected chi connectivity index (χ3v) is 7.30. The Morgan fingerprint density at radius 3 is 2.88 bits per heavy atom. The average molecular weight is 470 g/mol. The maximum atomic E-state index is 13.1. The molecule has 0 bridgehead atoms. The van der Waals surface area contributed by atoms with Gasteiger partial charge in [0.15, 0.2) is 5.16 Å². The van der Waals surface area contributed by atoms with Gasteiger partial charge in [0, 0.05) is 10.6 Å². The molecule has 0 saturated heterocycles. The molecule has 0 aliphatic heterocycles. The number of hydrogen-bond donors (Lipinski definition) is 3. The van der Waals surface area contributed by atoms with Crippen LogP contribution in [-0.4, -0.2) is 24.9 Å². The first kappa shape index (κ1) is 20.8. The van der Waals surface area contributed by atoms with Gasteiger partial charge in [-0.3, -0.25) is 4.79 Å². The fraction of sp³-hybridized carbons (Fsp3) is 0.286. The predicted molar refractivity (Wildman–Crippen MR) is 125 cm³/mol. The Bertz CT molecular complexity index is 1350. The highest BCUT2D eigenvalue weighted by Gasteiger charge is 2.23. The molecule has 0 radical (unpaired) electrons. The summed E-state index contributed by atoms with van der Waals surface area (Å²) in [6.45, 7) is 2.24. The number of nitrogens with zero attached hydrogens (tertiary/aromatic N) is 4. The number of nitrogens with one attached hydrogen (secondary N) is 2. The van der Waals surface area contributed by atoms with Crippen molar-refractivity contribution in [2.75, 3.05) is 11.1 Å². The van der Waals surface area contributed by atoms with E-state index < -0.39 is 0 Å². The number of benzene rings is 1. The molecule has 8 nitrogen and oxygen atoms in total. The Hall–Kier alpha value is -3.05. The molecule has 1 aromatic carbocycles. The molecule has 32 heavy (non-hydrogen) atoms. The first-order chi connectivity index (χ1) is 15.4. The van der Waals surface area contributed by atoms with Gasteiger partial charge in [0.2, 0.25) is 11.9 Å². The molecule has 0 unspecified atom stereocenters. The SMILES string of the molecule is C[C@H]1CCc2c(sc3nc(SCc4nc(N)nc(Nc5ccc(F)cc5)n4)[nH]c(=O)c23)C1. The molecule has 164 valence electrons. The Morgan fingerprint density at radius 1 is 1.25 bits per heavy atom. The van der Waals surface area contributed by atoms with Gasteiger partial charge in [-0.2, -0.15) is 15.0 Å². The van der Waals surface area contributed by atoms with Crippen LogP contribution in [0.1, 0.15) is 29.6 Å². The van der Waals surface area contributed by atoms with E-state index in [-0.39, 0.29) is 23.3 Å². The van der Waals surface area contributed by atoms with Crippen LogP contribution < -0.4 is 16.6 Å². The van der Waals surface area contributed by atoms with Crippen LogP contribution in [0.3, 0.4) is 0 Å². The van der Waals surface area contributed by atoms with E-state index >= 15 is 0 Å². The van der Waals surface area contributed by atoms with Gasteiger partial charge < -0.3 is 16.0 Å². The minimum atomic E-state index is -0.331. The number of hydrogen-bond acceptors (Lipinski definition) is 9. The highest BCUT2D eigenvalue weighted by Crippen LogP contribution is 2.36. The summed E-state index contributed by atoms with van der Waals surface area (Å²) < 4.78 is 13.1. The second kappa shape index (κ2) is 8.47. The van der Waals surface area contributed by atoms with Crippen LogP contribution >= 0.6 is 23.1 Å². The quantitative estimate of drug-likeness (QED) is 0.296. The van der Waals surface area contributed by atoms with Gasteiger partial charge >= 0.3 is 0 Å². The van der Waals surface area contributed by atoms with Crippen molar-refractivity contribution in [1.82, 2.24) is 24.9 Å². The molecule has 0 amide bonds. The van der Waals surface area contributed by atoms with Gasteiger partial charge in [0.1, 0.15) is 16.5 Å². The molecule has 3 heterocycles. The van der Waals surface area contributed by atoms with E-state index in [2.05, 4.69) is 37.2 Å². The van der Waals surface area contributed by atoms with Gasteiger partial charge in [0.25, 0.3) is 5.56 Å². The molecule has 0 fully saturated rings. The number of rotatable bonds is 5. The third kappa shape index (κ3) is 4.30. The zero-order chi connectivity index (χ0) is 22.2. The lowest BCUT2D eigenvalue weighted by molar-refractivity contribution is 0.509. The number of thioether (sulfide) groups is 1. The number of anilines is 3. The van der Waals surface area contributed by atoms with Crippen molar-refractivity contribution >= 4 is 50.9 Å². The van der Waals surface area contributed by atoms with E-state index in [4.69, 9.17) is 5.73 Å². The van der Waals surface area contributed by atoms with Crippen molar-refractivity contribution in [2.45, 2.75) is 37.1 Å². The molecule has 5 rings (SSSR count). The summed E-state index contributed by atoms with van der Waals surface area (Å²) in [5.41, 5.74) is 7.52. The summed E-state index contributed by atoms with van der Waals surface area (Å²) in [6.07, 6.45) is 3.04. The van der Waals surface area contributed by atoms with E-state index in [1.54, 1.807) is 23.5 Å². The summed E-state index contributed by atoms with van der Waals surface area (Å²) >= 11 is 2.95. The second-order valence-electron chi connectivity index (χ2n) is 7.76. The van der Waals surface area contributed by atoms with Gasteiger partial charge in [-0.15, -0.1) is 11.3 Å². The normalized spacial score (nSPS) is 15.6. The number of halogens is 1. The van der Waals surface area contributed by atoms with Crippen molar-refractivity contribution in [3.63, 3.8) is 0 Å². The van der Waals surface area contributed by atoms with Crippen molar-refractivity contribution < 1.29 is 4.39 Å². The largest absolute Gasteiger partial charge is 0.368 e. The van der Waals surface area contributed by atoms with Gasteiger partial charge in [-0.05, 0) is 55.0 Å². The number of H-pyrrole nitrogens is 1. The molecule has 1 atom stereocenters. The Kier molecular flexibility index (Phi) is 5.51. The number of fused-ring (bicyclic) bond motifs is 3. The number of aromatic amines is 1. The summed E-state index contributed by atoms with van der Waals surface area (Å²) in [5.74, 6) is 1.42. The Morgan fingerprint density at radius 2 is 2.06 bits per heavy atom. The lowest BCUT2D eigenvalue weighted by Gasteiger charge is -2.17. The third-order valence-electron chi connectivity index (χ3n) is 5.28. The fourth-order valence-corrected chi connectivity index (χ4v) is 5.91. The van der Waals surface area contributed by atoms with Crippen LogP contribution in [0.5, 0.6) is 0 Å². The van der Waals surface area contributed by atoms with Crippen molar-refractivity contribution in [3.05, 3.63) is 56.7 Å². The molecule has 0 saturated carbocycles. The van der Waals surface area contributed by atoms with Crippen LogP contribution in [0.25, 0.3) is 10.2 Å². The molecule has 1 aliphatic rings. The minimum absolute atomic E-state index is 0.0668. The smallest absolute Gasteiger partial charge is 0.260 e. The predicted octanol–water partition coefficient (Wildman–Crippen LogP) is 4.05. The molecule has 3 aromatic heterocycles. The molecular formula is C21H20FN7OS2. The lowest BCUT2D eigenvalue weighted by atomic mass is 9.89. The Balaban J connectivity index is 1.35.